The number of fused-ring (bicyclic) bond motifs is 1. The standard InChI is InChI=1S/C13H17FN2O/c1-9(15)7-13(17)16-6-5-10-3-2-4-12(14)11(10)8-16/h2-4,9H,5-8,15H2,1H3. The number of hydrogen-bond acceptors (Lipinski definition) is 2. The smallest absolute Gasteiger partial charge is 0.224 e. The summed E-state index contributed by atoms with van der Waals surface area (Å²) in [6.45, 7) is 2.83. The third kappa shape index (κ3) is 2.64. The van der Waals surface area contributed by atoms with Gasteiger partial charge in [-0.15, -0.1) is 0 Å². The number of carbonyl (C=O) groups excluding carboxylic acids is 1. The van der Waals surface area contributed by atoms with Gasteiger partial charge >= 0.3 is 0 Å². The molecule has 0 spiro atoms. The lowest BCUT2D eigenvalue weighted by molar-refractivity contribution is -0.132. The number of halogens is 1. The largest absolute Gasteiger partial charge is 0.338 e. The Hall–Kier alpha value is -1.42. The van der Waals surface area contributed by atoms with Gasteiger partial charge in [0.05, 0.1) is 0 Å². The average molecular weight is 236 g/mol. The summed E-state index contributed by atoms with van der Waals surface area (Å²) in [5.41, 5.74) is 7.26. The van der Waals surface area contributed by atoms with E-state index in [1.807, 2.05) is 6.07 Å². The summed E-state index contributed by atoms with van der Waals surface area (Å²) in [7, 11) is 0. The fourth-order valence-electron chi connectivity index (χ4n) is 2.16. The van der Waals surface area contributed by atoms with Crippen molar-refractivity contribution in [3.05, 3.63) is 35.1 Å². The maximum absolute atomic E-state index is 13.6. The zero-order valence-corrected chi connectivity index (χ0v) is 9.95. The molecule has 0 saturated carbocycles. The number of nitrogens with zero attached hydrogens (tertiary/aromatic N) is 1. The number of benzene rings is 1. The van der Waals surface area contributed by atoms with Crippen LogP contribution in [-0.2, 0) is 17.8 Å². The highest BCUT2D eigenvalue weighted by Crippen LogP contribution is 2.22. The van der Waals surface area contributed by atoms with E-state index in [2.05, 4.69) is 0 Å². The molecule has 0 bridgehead atoms. The molecule has 92 valence electrons. The van der Waals surface area contributed by atoms with Crippen LogP contribution in [0.3, 0.4) is 0 Å². The predicted octanol–water partition coefficient (Wildman–Crippen LogP) is 1.45. The fraction of sp³-hybridized carbons (Fsp3) is 0.462. The molecule has 2 rings (SSSR count). The van der Waals surface area contributed by atoms with Gasteiger partial charge in [-0.2, -0.15) is 0 Å². The van der Waals surface area contributed by atoms with Gasteiger partial charge in [-0.05, 0) is 25.0 Å². The summed E-state index contributed by atoms with van der Waals surface area (Å²) in [6, 6.07) is 4.93. The molecule has 4 heteroatoms. The molecule has 0 aromatic heterocycles. The molecule has 1 aromatic carbocycles. The Balaban J connectivity index is 2.13. The molecule has 0 radical (unpaired) electrons. The van der Waals surface area contributed by atoms with Gasteiger partial charge in [-0.25, -0.2) is 4.39 Å². The Morgan fingerprint density at radius 2 is 2.35 bits per heavy atom. The third-order valence-corrected chi connectivity index (χ3v) is 3.07. The lowest BCUT2D eigenvalue weighted by atomic mass is 9.99. The lowest BCUT2D eigenvalue weighted by Gasteiger charge is -2.29. The summed E-state index contributed by atoms with van der Waals surface area (Å²) in [5.74, 6) is -0.213. The van der Waals surface area contributed by atoms with Gasteiger partial charge in [-0.1, -0.05) is 12.1 Å². The van der Waals surface area contributed by atoms with Crippen LogP contribution in [0.1, 0.15) is 24.5 Å². The van der Waals surface area contributed by atoms with E-state index < -0.39 is 0 Å². The van der Waals surface area contributed by atoms with Gasteiger partial charge in [-0.3, -0.25) is 4.79 Å². The van der Waals surface area contributed by atoms with Crippen molar-refractivity contribution >= 4 is 5.91 Å². The number of rotatable bonds is 2. The van der Waals surface area contributed by atoms with Crippen LogP contribution in [0.4, 0.5) is 4.39 Å². The van der Waals surface area contributed by atoms with Crippen molar-refractivity contribution < 1.29 is 9.18 Å². The number of nitrogens with two attached hydrogens (primary N) is 1. The first-order valence-electron chi connectivity index (χ1n) is 5.87. The van der Waals surface area contributed by atoms with Gasteiger partial charge in [0.1, 0.15) is 5.82 Å². The Morgan fingerprint density at radius 1 is 1.59 bits per heavy atom. The highest BCUT2D eigenvalue weighted by molar-refractivity contribution is 5.77. The van der Waals surface area contributed by atoms with Crippen LogP contribution in [-0.4, -0.2) is 23.4 Å². The fourth-order valence-corrected chi connectivity index (χ4v) is 2.16. The molecular weight excluding hydrogens is 219 g/mol. The first kappa shape index (κ1) is 12.0. The van der Waals surface area contributed by atoms with Gasteiger partial charge < -0.3 is 10.6 Å². The first-order chi connectivity index (χ1) is 8.08. The molecule has 1 amide bonds. The molecule has 3 nitrogen and oxygen atoms in total. The quantitative estimate of drug-likeness (QED) is 0.844. The molecule has 1 aliphatic rings. The van der Waals surface area contributed by atoms with Crippen molar-refractivity contribution in [3.63, 3.8) is 0 Å². The molecule has 1 atom stereocenters. The van der Waals surface area contributed by atoms with E-state index in [9.17, 15) is 9.18 Å². The minimum Gasteiger partial charge on any atom is -0.338 e. The molecular formula is C13H17FN2O. The SMILES string of the molecule is CC(N)CC(=O)N1CCc2cccc(F)c2C1. The Kier molecular flexibility index (Phi) is 3.43. The molecule has 1 aliphatic heterocycles. The van der Waals surface area contributed by atoms with Crippen LogP contribution in [0.5, 0.6) is 0 Å². The van der Waals surface area contributed by atoms with E-state index in [4.69, 9.17) is 5.73 Å². The number of hydrogen-bond donors (Lipinski definition) is 1. The van der Waals surface area contributed by atoms with Crippen LogP contribution in [0.15, 0.2) is 18.2 Å². The van der Waals surface area contributed by atoms with Crippen molar-refractivity contribution in [1.82, 2.24) is 4.90 Å². The zero-order valence-electron chi connectivity index (χ0n) is 9.95. The molecule has 0 saturated heterocycles. The van der Waals surface area contributed by atoms with Gasteiger partial charge in [0.25, 0.3) is 0 Å². The zero-order chi connectivity index (χ0) is 12.4. The third-order valence-electron chi connectivity index (χ3n) is 3.07. The van der Waals surface area contributed by atoms with E-state index in [1.54, 1.807) is 17.9 Å². The van der Waals surface area contributed by atoms with Crippen molar-refractivity contribution in [3.8, 4) is 0 Å². The summed E-state index contributed by atoms with van der Waals surface area (Å²) < 4.78 is 13.6. The normalized spacial score (nSPS) is 16.5. The summed E-state index contributed by atoms with van der Waals surface area (Å²) >= 11 is 0. The number of amides is 1. The Morgan fingerprint density at radius 3 is 3.06 bits per heavy atom. The van der Waals surface area contributed by atoms with Gasteiger partial charge in [0.15, 0.2) is 0 Å². The summed E-state index contributed by atoms with van der Waals surface area (Å²) in [6.07, 6.45) is 1.04. The maximum atomic E-state index is 13.6. The van der Waals surface area contributed by atoms with Gasteiger partial charge in [0, 0.05) is 31.1 Å². The van der Waals surface area contributed by atoms with Crippen LogP contribution in [0.2, 0.25) is 0 Å². The topological polar surface area (TPSA) is 46.3 Å². The van der Waals surface area contributed by atoms with Crippen molar-refractivity contribution in [2.75, 3.05) is 6.54 Å². The second kappa shape index (κ2) is 4.84. The second-order valence-electron chi connectivity index (χ2n) is 4.62. The maximum Gasteiger partial charge on any atom is 0.224 e. The van der Waals surface area contributed by atoms with E-state index in [0.29, 0.717) is 25.1 Å². The lowest BCUT2D eigenvalue weighted by Crippen LogP contribution is -2.38. The molecule has 1 heterocycles. The number of carbonyl (C=O) groups is 1. The van der Waals surface area contributed by atoms with Crippen molar-refractivity contribution in [2.24, 2.45) is 5.73 Å². The average Bonchev–Trinajstić information content (AvgIpc) is 2.28. The van der Waals surface area contributed by atoms with Crippen LogP contribution in [0.25, 0.3) is 0 Å². The minimum atomic E-state index is -0.221. The molecule has 1 unspecified atom stereocenters. The van der Waals surface area contributed by atoms with Gasteiger partial charge in [0.2, 0.25) is 5.91 Å². The van der Waals surface area contributed by atoms with Crippen molar-refractivity contribution in [2.45, 2.75) is 32.4 Å². The predicted molar refractivity (Wildman–Crippen MR) is 63.8 cm³/mol. The van der Waals surface area contributed by atoms with Crippen molar-refractivity contribution in [1.29, 1.82) is 0 Å². The molecule has 1 aromatic rings. The molecule has 0 fully saturated rings. The summed E-state index contributed by atoms with van der Waals surface area (Å²) in [5, 5.41) is 0. The Bertz CT molecular complexity index is 431. The van der Waals surface area contributed by atoms with E-state index >= 15 is 0 Å². The van der Waals surface area contributed by atoms with Crippen LogP contribution < -0.4 is 5.73 Å². The van der Waals surface area contributed by atoms with E-state index in [-0.39, 0.29) is 17.8 Å². The van der Waals surface area contributed by atoms with E-state index in [0.717, 1.165) is 12.0 Å². The van der Waals surface area contributed by atoms with Crippen LogP contribution >= 0.6 is 0 Å². The second-order valence-corrected chi connectivity index (χ2v) is 4.62. The molecule has 17 heavy (non-hydrogen) atoms. The highest BCUT2D eigenvalue weighted by Gasteiger charge is 2.23. The highest BCUT2D eigenvalue weighted by atomic mass is 19.1. The Labute approximate surface area is 100 Å². The molecule has 0 aliphatic carbocycles. The molecule has 2 N–H and O–H groups in total. The first-order valence-corrected chi connectivity index (χ1v) is 5.87. The minimum absolute atomic E-state index is 0.00824. The monoisotopic (exact) mass is 236 g/mol. The summed E-state index contributed by atoms with van der Waals surface area (Å²) in [4.78, 5) is 13.5. The van der Waals surface area contributed by atoms with Crippen LogP contribution in [0, 0.1) is 5.82 Å². The van der Waals surface area contributed by atoms with E-state index in [1.165, 1.54) is 6.07 Å².